The molecule has 3 aromatic rings. The van der Waals surface area contributed by atoms with Crippen molar-refractivity contribution in [3.05, 3.63) is 64.2 Å². The van der Waals surface area contributed by atoms with Crippen molar-refractivity contribution in [1.29, 1.82) is 10.5 Å². The quantitative estimate of drug-likeness (QED) is 0.450. The molecule has 0 spiro atoms. The number of carbonyl (C=O) groups is 1. The number of nitrogen functional groups attached to an aromatic ring is 1. The van der Waals surface area contributed by atoms with E-state index in [1.807, 2.05) is 31.2 Å². The Morgan fingerprint density at radius 2 is 1.88 bits per heavy atom. The highest BCUT2D eigenvalue weighted by molar-refractivity contribution is 7.99. The smallest absolute Gasteiger partial charge is 0.225 e. The molecule has 1 heterocycles. The zero-order valence-corrected chi connectivity index (χ0v) is 19.5. The Morgan fingerprint density at radius 3 is 2.48 bits per heavy atom. The van der Waals surface area contributed by atoms with E-state index < -0.39 is 0 Å². The zero-order chi connectivity index (χ0) is 24.0. The van der Waals surface area contributed by atoms with Gasteiger partial charge in [0.15, 0.2) is 0 Å². The van der Waals surface area contributed by atoms with Crippen molar-refractivity contribution in [2.24, 2.45) is 0 Å². The van der Waals surface area contributed by atoms with Crippen molar-refractivity contribution in [3.63, 3.8) is 0 Å². The summed E-state index contributed by atoms with van der Waals surface area (Å²) in [5.74, 6) is 0.702. The number of nitriles is 2. The summed E-state index contributed by atoms with van der Waals surface area (Å²) in [5, 5.41) is 23.0. The number of thioether (sulfide) groups is 1. The van der Waals surface area contributed by atoms with Gasteiger partial charge in [0.25, 0.3) is 0 Å². The lowest BCUT2D eigenvalue weighted by atomic mass is 9.96. The molecule has 0 aliphatic carbocycles. The Labute approximate surface area is 201 Å². The molecule has 0 radical (unpaired) electrons. The number of amides is 1. The second-order valence-corrected chi connectivity index (χ2v) is 8.50. The number of nitrogens with zero attached hydrogens (tertiary/aromatic N) is 3. The Balaban J connectivity index is 1.78. The van der Waals surface area contributed by atoms with Crippen LogP contribution >= 0.6 is 23.4 Å². The average molecular weight is 478 g/mol. The molecule has 0 fully saturated rings. The largest absolute Gasteiger partial charge is 0.495 e. The number of hydrogen-bond donors (Lipinski definition) is 2. The van der Waals surface area contributed by atoms with Crippen LogP contribution in [-0.2, 0) is 4.79 Å². The number of ether oxygens (including phenoxy) is 1. The third-order valence-electron chi connectivity index (χ3n) is 4.76. The highest BCUT2D eigenvalue weighted by atomic mass is 35.5. The fraction of sp³-hybridized carbons (Fsp3) is 0.167. The van der Waals surface area contributed by atoms with Crippen molar-refractivity contribution in [2.45, 2.75) is 18.4 Å². The number of halogens is 1. The van der Waals surface area contributed by atoms with E-state index in [0.29, 0.717) is 38.4 Å². The first-order chi connectivity index (χ1) is 15.9. The van der Waals surface area contributed by atoms with Crippen molar-refractivity contribution in [1.82, 2.24) is 4.98 Å². The van der Waals surface area contributed by atoms with Crippen LogP contribution in [0.4, 0.5) is 11.5 Å². The average Bonchev–Trinajstić information content (AvgIpc) is 2.79. The summed E-state index contributed by atoms with van der Waals surface area (Å²) in [6, 6.07) is 16.7. The zero-order valence-electron chi connectivity index (χ0n) is 18.0. The highest BCUT2D eigenvalue weighted by Gasteiger charge is 2.20. The number of benzene rings is 2. The van der Waals surface area contributed by atoms with Gasteiger partial charge >= 0.3 is 0 Å². The Kier molecular flexibility index (Phi) is 7.78. The molecule has 0 saturated carbocycles. The van der Waals surface area contributed by atoms with Gasteiger partial charge in [0.1, 0.15) is 34.3 Å². The monoisotopic (exact) mass is 477 g/mol. The lowest BCUT2D eigenvalue weighted by Gasteiger charge is -2.13. The van der Waals surface area contributed by atoms with Gasteiger partial charge in [-0.05, 0) is 30.7 Å². The summed E-state index contributed by atoms with van der Waals surface area (Å²) >= 11 is 7.33. The fourth-order valence-electron chi connectivity index (χ4n) is 3.12. The molecular weight excluding hydrogens is 458 g/mol. The van der Waals surface area contributed by atoms with Crippen LogP contribution in [0.3, 0.4) is 0 Å². The molecule has 33 heavy (non-hydrogen) atoms. The number of nitrogens with one attached hydrogen (secondary N) is 1. The first-order valence-electron chi connectivity index (χ1n) is 9.84. The lowest BCUT2D eigenvalue weighted by molar-refractivity contribution is -0.115. The van der Waals surface area contributed by atoms with E-state index in [-0.39, 0.29) is 29.3 Å². The van der Waals surface area contributed by atoms with Gasteiger partial charge in [-0.25, -0.2) is 4.98 Å². The van der Waals surface area contributed by atoms with E-state index in [1.165, 1.54) is 18.9 Å². The molecule has 166 valence electrons. The number of nitrogens with two attached hydrogens (primary N) is 1. The molecule has 2 aromatic carbocycles. The normalized spacial score (nSPS) is 10.2. The number of anilines is 2. The molecule has 0 bridgehead atoms. The second-order valence-electron chi connectivity index (χ2n) is 7.01. The van der Waals surface area contributed by atoms with Gasteiger partial charge < -0.3 is 15.8 Å². The maximum Gasteiger partial charge on any atom is 0.225 e. The van der Waals surface area contributed by atoms with E-state index >= 15 is 0 Å². The van der Waals surface area contributed by atoms with E-state index in [1.54, 1.807) is 18.2 Å². The van der Waals surface area contributed by atoms with E-state index in [9.17, 15) is 15.3 Å². The first kappa shape index (κ1) is 23.9. The molecule has 1 aromatic heterocycles. The number of aromatic nitrogens is 1. The topological polar surface area (TPSA) is 125 Å². The summed E-state index contributed by atoms with van der Waals surface area (Å²) < 4.78 is 5.10. The third kappa shape index (κ3) is 5.56. The molecule has 0 aliphatic heterocycles. The molecule has 1 amide bonds. The number of hydrogen-bond acceptors (Lipinski definition) is 7. The van der Waals surface area contributed by atoms with Crippen LogP contribution in [-0.4, -0.2) is 23.8 Å². The van der Waals surface area contributed by atoms with Crippen LogP contribution in [0.15, 0.2) is 47.5 Å². The van der Waals surface area contributed by atoms with Crippen LogP contribution < -0.4 is 15.8 Å². The summed E-state index contributed by atoms with van der Waals surface area (Å²) in [6.45, 7) is 1.95. The van der Waals surface area contributed by atoms with Crippen molar-refractivity contribution in [2.75, 3.05) is 23.9 Å². The number of methoxy groups -OCH3 is 1. The Bertz CT molecular complexity index is 1280. The summed E-state index contributed by atoms with van der Waals surface area (Å²) in [7, 11) is 1.51. The molecule has 0 saturated heterocycles. The number of pyridine rings is 1. The van der Waals surface area contributed by atoms with Crippen LogP contribution in [0.1, 0.15) is 23.1 Å². The number of rotatable bonds is 7. The Morgan fingerprint density at radius 1 is 1.18 bits per heavy atom. The minimum absolute atomic E-state index is 0.0481. The predicted octanol–water partition coefficient (Wildman–Crippen LogP) is 5.17. The maximum absolute atomic E-state index is 12.4. The molecule has 0 aliphatic rings. The summed E-state index contributed by atoms with van der Waals surface area (Å²) in [5.41, 5.74) is 9.22. The SMILES string of the molecule is COc1ccc(NC(=O)CCSc2nc(N)c(C#N)c(-c3ccc(C)cc3)c2C#N)cc1Cl. The number of aryl methyl sites for hydroxylation is 1. The maximum atomic E-state index is 12.4. The third-order valence-corrected chi connectivity index (χ3v) is 6.03. The van der Waals surface area contributed by atoms with Gasteiger partial charge in [0.05, 0.1) is 17.7 Å². The minimum atomic E-state index is -0.220. The van der Waals surface area contributed by atoms with Crippen molar-refractivity contribution in [3.8, 4) is 29.0 Å². The predicted molar refractivity (Wildman–Crippen MR) is 130 cm³/mol. The molecule has 0 atom stereocenters. The van der Waals surface area contributed by atoms with Crippen LogP contribution in [0.5, 0.6) is 5.75 Å². The van der Waals surface area contributed by atoms with Crippen LogP contribution in [0.25, 0.3) is 11.1 Å². The van der Waals surface area contributed by atoms with Crippen LogP contribution in [0.2, 0.25) is 5.02 Å². The fourth-order valence-corrected chi connectivity index (χ4v) is 4.31. The minimum Gasteiger partial charge on any atom is -0.495 e. The molecule has 3 rings (SSSR count). The van der Waals surface area contributed by atoms with Crippen LogP contribution in [0, 0.1) is 29.6 Å². The van der Waals surface area contributed by atoms with E-state index in [2.05, 4.69) is 22.4 Å². The first-order valence-corrected chi connectivity index (χ1v) is 11.2. The lowest BCUT2D eigenvalue weighted by Crippen LogP contribution is -2.12. The van der Waals surface area contributed by atoms with E-state index in [4.69, 9.17) is 22.1 Å². The van der Waals surface area contributed by atoms with Gasteiger partial charge in [0, 0.05) is 23.4 Å². The standard InChI is InChI=1S/C24H20ClN5O2S/c1-14-3-5-15(6-4-14)22-17(12-26)23(28)30-24(18(22)13-27)33-10-9-21(31)29-16-7-8-20(32-2)19(25)11-16/h3-8,11H,9-10H2,1-2H3,(H2,28,30)(H,29,31). The van der Waals surface area contributed by atoms with Gasteiger partial charge in [-0.15, -0.1) is 11.8 Å². The summed E-state index contributed by atoms with van der Waals surface area (Å²) in [4.78, 5) is 16.6. The Hall–Kier alpha value is -3.72. The number of carbonyl (C=O) groups excluding carboxylic acids is 1. The second kappa shape index (κ2) is 10.7. The van der Waals surface area contributed by atoms with Gasteiger partial charge in [-0.2, -0.15) is 10.5 Å². The highest BCUT2D eigenvalue weighted by Crippen LogP contribution is 2.36. The molecule has 0 unspecified atom stereocenters. The van der Waals surface area contributed by atoms with Crippen molar-refractivity contribution >= 4 is 40.8 Å². The molecular formula is C24H20ClN5O2S. The van der Waals surface area contributed by atoms with Gasteiger partial charge in [-0.3, -0.25) is 4.79 Å². The van der Waals surface area contributed by atoms with Crippen molar-refractivity contribution < 1.29 is 9.53 Å². The van der Waals surface area contributed by atoms with Gasteiger partial charge in [0.2, 0.25) is 5.91 Å². The van der Waals surface area contributed by atoms with Gasteiger partial charge in [-0.1, -0.05) is 41.4 Å². The molecule has 9 heteroatoms. The molecule has 7 nitrogen and oxygen atoms in total. The summed E-state index contributed by atoms with van der Waals surface area (Å²) in [6.07, 6.45) is 0.167. The van der Waals surface area contributed by atoms with E-state index in [0.717, 1.165) is 5.56 Å². The molecule has 3 N–H and O–H groups in total.